The Morgan fingerprint density at radius 2 is 1.71 bits per heavy atom. The number of amides is 1. The lowest BCUT2D eigenvalue weighted by Crippen LogP contribution is -2.14. The van der Waals surface area contributed by atoms with E-state index in [9.17, 15) is 31.1 Å². The second-order valence-electron chi connectivity index (χ2n) is 5.64. The van der Waals surface area contributed by atoms with Gasteiger partial charge in [0.05, 0.1) is 11.4 Å². The predicted molar refractivity (Wildman–Crippen MR) is 82.8 cm³/mol. The summed E-state index contributed by atoms with van der Waals surface area (Å²) in [6.07, 6.45) is -8.96. The molecule has 28 heavy (non-hydrogen) atoms. The second kappa shape index (κ2) is 6.69. The van der Waals surface area contributed by atoms with Crippen LogP contribution >= 0.6 is 0 Å². The molecule has 1 aromatic carbocycles. The summed E-state index contributed by atoms with van der Waals surface area (Å²) in [6.45, 7) is 1.54. The van der Waals surface area contributed by atoms with E-state index >= 15 is 0 Å². The van der Waals surface area contributed by atoms with Crippen molar-refractivity contribution in [2.45, 2.75) is 19.3 Å². The number of anilines is 1. The van der Waals surface area contributed by atoms with Crippen molar-refractivity contribution in [1.29, 1.82) is 0 Å². The Morgan fingerprint density at radius 3 is 2.21 bits per heavy atom. The highest BCUT2D eigenvalue weighted by Crippen LogP contribution is 2.36. The number of aromatic nitrogens is 3. The molecule has 0 bridgehead atoms. The molecule has 12 heteroatoms. The van der Waals surface area contributed by atoms with Crippen LogP contribution in [0.4, 0.5) is 32.0 Å². The molecule has 0 saturated carbocycles. The van der Waals surface area contributed by atoms with Crippen molar-refractivity contribution in [2.75, 3.05) is 5.32 Å². The van der Waals surface area contributed by atoms with Crippen molar-refractivity contribution in [3.63, 3.8) is 0 Å². The topological polar surface area (TPSA) is 73.0 Å². The third-order valence-electron chi connectivity index (χ3n) is 3.65. The standard InChI is InChI=1S/C16H10F6N4O2/c1-8-11(7-28-25-8)14(27)23-9-2-4-10(5-3-9)26-13(16(20,21)22)6-12(24-26)15(17,18)19/h2-7H,1H3,(H,23,27). The molecule has 0 aliphatic heterocycles. The molecule has 1 amide bonds. The van der Waals surface area contributed by atoms with Crippen LogP contribution in [0.2, 0.25) is 0 Å². The number of hydrogen-bond acceptors (Lipinski definition) is 4. The molecule has 148 valence electrons. The molecule has 0 unspecified atom stereocenters. The molecule has 0 atom stereocenters. The molecule has 3 aromatic rings. The van der Waals surface area contributed by atoms with E-state index in [1.54, 1.807) is 0 Å². The van der Waals surface area contributed by atoms with Crippen LogP contribution in [-0.4, -0.2) is 20.8 Å². The first-order valence-corrected chi connectivity index (χ1v) is 7.54. The number of carbonyl (C=O) groups is 1. The fraction of sp³-hybridized carbons (Fsp3) is 0.188. The summed E-state index contributed by atoms with van der Waals surface area (Å²) in [6, 6.07) is 4.58. The molecule has 0 radical (unpaired) electrons. The fourth-order valence-corrected chi connectivity index (χ4v) is 2.31. The van der Waals surface area contributed by atoms with Gasteiger partial charge in [-0.05, 0) is 31.2 Å². The monoisotopic (exact) mass is 404 g/mol. The van der Waals surface area contributed by atoms with Gasteiger partial charge in [0.25, 0.3) is 5.91 Å². The predicted octanol–water partition coefficient (Wildman–Crippen LogP) is 4.46. The van der Waals surface area contributed by atoms with Crippen molar-refractivity contribution >= 4 is 11.6 Å². The molecular formula is C16H10F6N4O2. The molecule has 1 N–H and O–H groups in total. The van der Waals surface area contributed by atoms with Gasteiger partial charge in [-0.1, -0.05) is 5.16 Å². The summed E-state index contributed by atoms with van der Waals surface area (Å²) in [4.78, 5) is 12.0. The first kappa shape index (κ1) is 19.5. The minimum Gasteiger partial charge on any atom is -0.364 e. The number of rotatable bonds is 3. The van der Waals surface area contributed by atoms with Crippen molar-refractivity contribution in [3.8, 4) is 5.69 Å². The third kappa shape index (κ3) is 3.85. The Balaban J connectivity index is 1.90. The van der Waals surface area contributed by atoms with E-state index in [4.69, 9.17) is 0 Å². The van der Waals surface area contributed by atoms with Gasteiger partial charge in [-0.15, -0.1) is 0 Å². The van der Waals surface area contributed by atoms with E-state index in [1.807, 2.05) is 0 Å². The molecule has 0 fully saturated rings. The maximum Gasteiger partial charge on any atom is 0.435 e. The van der Waals surface area contributed by atoms with Gasteiger partial charge >= 0.3 is 12.4 Å². The van der Waals surface area contributed by atoms with Gasteiger partial charge < -0.3 is 9.84 Å². The molecule has 0 spiro atoms. The minimum atomic E-state index is -5.05. The molecule has 0 aliphatic carbocycles. The van der Waals surface area contributed by atoms with Crippen molar-refractivity contribution in [3.05, 3.63) is 59.2 Å². The lowest BCUT2D eigenvalue weighted by Gasteiger charge is -2.11. The first-order valence-electron chi connectivity index (χ1n) is 7.54. The van der Waals surface area contributed by atoms with Gasteiger partial charge in [-0.25, -0.2) is 4.68 Å². The zero-order valence-electron chi connectivity index (χ0n) is 13.9. The highest BCUT2D eigenvalue weighted by Gasteiger charge is 2.42. The van der Waals surface area contributed by atoms with Crippen LogP contribution in [0.3, 0.4) is 0 Å². The van der Waals surface area contributed by atoms with E-state index < -0.39 is 29.6 Å². The smallest absolute Gasteiger partial charge is 0.364 e. The van der Waals surface area contributed by atoms with Gasteiger partial charge in [0.15, 0.2) is 5.69 Å². The van der Waals surface area contributed by atoms with Gasteiger partial charge in [0, 0.05) is 11.8 Å². The number of carbonyl (C=O) groups excluding carboxylic acids is 1. The van der Waals surface area contributed by atoms with E-state index in [-0.39, 0.29) is 27.7 Å². The number of aryl methyl sites for hydroxylation is 1. The molecule has 2 aromatic heterocycles. The Bertz CT molecular complexity index is 1000. The van der Waals surface area contributed by atoms with Gasteiger partial charge in [0.1, 0.15) is 17.5 Å². The van der Waals surface area contributed by atoms with E-state index in [0.717, 1.165) is 18.4 Å². The van der Waals surface area contributed by atoms with Crippen LogP contribution in [0.5, 0.6) is 0 Å². The Labute approximate surface area is 152 Å². The number of alkyl halides is 6. The average molecular weight is 404 g/mol. The van der Waals surface area contributed by atoms with Crippen LogP contribution in [0, 0.1) is 6.92 Å². The number of halogens is 6. The molecule has 0 saturated heterocycles. The van der Waals surface area contributed by atoms with Crippen LogP contribution < -0.4 is 5.32 Å². The van der Waals surface area contributed by atoms with Crippen molar-refractivity contribution in [2.24, 2.45) is 0 Å². The average Bonchev–Trinajstić information content (AvgIpc) is 3.21. The summed E-state index contributed by atoms with van der Waals surface area (Å²) in [5.41, 5.74) is -2.81. The fourth-order valence-electron chi connectivity index (χ4n) is 2.31. The number of nitrogens with one attached hydrogen (secondary N) is 1. The van der Waals surface area contributed by atoms with E-state index in [0.29, 0.717) is 5.69 Å². The molecule has 0 aliphatic rings. The van der Waals surface area contributed by atoms with Crippen molar-refractivity contribution < 1.29 is 35.7 Å². The van der Waals surface area contributed by atoms with Crippen LogP contribution in [-0.2, 0) is 12.4 Å². The highest BCUT2D eigenvalue weighted by atomic mass is 19.4. The molecular weight excluding hydrogens is 394 g/mol. The summed E-state index contributed by atoms with van der Waals surface area (Å²) in [7, 11) is 0. The molecule has 2 heterocycles. The third-order valence-corrected chi connectivity index (χ3v) is 3.65. The first-order chi connectivity index (χ1) is 13.0. The minimum absolute atomic E-state index is 0.0651. The van der Waals surface area contributed by atoms with E-state index in [1.165, 1.54) is 19.1 Å². The largest absolute Gasteiger partial charge is 0.435 e. The Kier molecular flexibility index (Phi) is 4.65. The summed E-state index contributed by atoms with van der Waals surface area (Å²) < 4.78 is 82.3. The van der Waals surface area contributed by atoms with Gasteiger partial charge in [0.2, 0.25) is 0 Å². The van der Waals surface area contributed by atoms with Crippen molar-refractivity contribution in [1.82, 2.24) is 14.9 Å². The molecule has 6 nitrogen and oxygen atoms in total. The van der Waals surface area contributed by atoms with Gasteiger partial charge in [-0.2, -0.15) is 31.4 Å². The Morgan fingerprint density at radius 1 is 1.07 bits per heavy atom. The second-order valence-corrected chi connectivity index (χ2v) is 5.64. The van der Waals surface area contributed by atoms with Crippen LogP contribution in [0.15, 0.2) is 41.1 Å². The zero-order valence-corrected chi connectivity index (χ0v) is 13.9. The number of hydrogen-bond donors (Lipinski definition) is 1. The summed E-state index contributed by atoms with van der Waals surface area (Å²) in [5, 5.41) is 9.03. The van der Waals surface area contributed by atoms with Crippen LogP contribution in [0.1, 0.15) is 27.4 Å². The SMILES string of the molecule is Cc1nocc1C(=O)Nc1ccc(-n2nc(C(F)(F)F)cc2C(F)(F)F)cc1. The molecule has 3 rings (SSSR count). The summed E-state index contributed by atoms with van der Waals surface area (Å²) in [5.74, 6) is -0.569. The zero-order chi connectivity index (χ0) is 20.7. The Hall–Kier alpha value is -3.31. The van der Waals surface area contributed by atoms with Crippen LogP contribution in [0.25, 0.3) is 5.69 Å². The van der Waals surface area contributed by atoms with Gasteiger partial charge in [-0.3, -0.25) is 4.79 Å². The van der Waals surface area contributed by atoms with E-state index in [2.05, 4.69) is 20.1 Å². The maximum absolute atomic E-state index is 13.1. The lowest BCUT2D eigenvalue weighted by atomic mass is 10.2. The number of nitrogens with zero attached hydrogens (tertiary/aromatic N) is 3. The quantitative estimate of drug-likeness (QED) is 0.655. The lowest BCUT2D eigenvalue weighted by molar-refractivity contribution is -0.143. The summed E-state index contributed by atoms with van der Waals surface area (Å²) >= 11 is 0. The highest BCUT2D eigenvalue weighted by molar-refractivity contribution is 6.04. The normalized spacial score (nSPS) is 12.2. The number of benzene rings is 1. The maximum atomic E-state index is 13.1.